The first-order valence-electron chi connectivity index (χ1n) is 7.32. The molecule has 1 aliphatic rings. The minimum Gasteiger partial charge on any atom is -0.352 e. The molecule has 114 valence electrons. The van der Waals surface area contributed by atoms with Gasteiger partial charge < -0.3 is 9.88 Å². The highest BCUT2D eigenvalue weighted by Crippen LogP contribution is 2.32. The first-order chi connectivity index (χ1) is 9.50. The number of unbranched alkanes of at least 4 members (excludes halogenated alkanes) is 1. The zero-order valence-corrected chi connectivity index (χ0v) is 13.4. The van der Waals surface area contributed by atoms with Crippen LogP contribution in [0.5, 0.6) is 0 Å². The van der Waals surface area contributed by atoms with E-state index in [0.29, 0.717) is 18.0 Å². The van der Waals surface area contributed by atoms with Crippen LogP contribution in [0.15, 0.2) is 17.2 Å². The molecule has 1 aromatic rings. The molecule has 2 rings (SSSR count). The first kappa shape index (κ1) is 15.5. The van der Waals surface area contributed by atoms with E-state index in [9.17, 15) is 8.42 Å². The van der Waals surface area contributed by atoms with E-state index < -0.39 is 10.0 Å². The molecule has 5 nitrogen and oxygen atoms in total. The molecule has 1 aromatic heterocycles. The molecule has 0 spiro atoms. The lowest BCUT2D eigenvalue weighted by Gasteiger charge is -2.20. The maximum atomic E-state index is 12.8. The minimum atomic E-state index is -3.35. The quantitative estimate of drug-likeness (QED) is 0.795. The van der Waals surface area contributed by atoms with Gasteiger partial charge in [0, 0.05) is 38.1 Å². The lowest BCUT2D eigenvalue weighted by atomic mass is 10.3. The van der Waals surface area contributed by atoms with E-state index >= 15 is 0 Å². The second-order valence-electron chi connectivity index (χ2n) is 5.51. The maximum absolute atomic E-state index is 12.8. The second kappa shape index (κ2) is 6.28. The van der Waals surface area contributed by atoms with Crippen LogP contribution < -0.4 is 5.32 Å². The summed E-state index contributed by atoms with van der Waals surface area (Å²) < 4.78 is 29.1. The van der Waals surface area contributed by atoms with Crippen molar-refractivity contribution in [3.8, 4) is 0 Å². The molecule has 20 heavy (non-hydrogen) atoms. The predicted molar refractivity (Wildman–Crippen MR) is 80.0 cm³/mol. The Morgan fingerprint density at radius 3 is 2.70 bits per heavy atom. The molecule has 1 aliphatic carbocycles. The molecule has 0 unspecified atom stereocenters. The van der Waals surface area contributed by atoms with Gasteiger partial charge in [0.15, 0.2) is 0 Å². The standard InChI is InChI=1S/C14H25N3O2S/c1-4-5-8-17(12-6-7-12)20(18,19)14-9-13(10-15-2)16(3)11-14/h9,11-12,15H,4-8,10H2,1-3H3. The number of aromatic nitrogens is 1. The summed E-state index contributed by atoms with van der Waals surface area (Å²) in [4.78, 5) is 0.424. The smallest absolute Gasteiger partial charge is 0.244 e. The van der Waals surface area contributed by atoms with Gasteiger partial charge in [-0.05, 0) is 32.4 Å². The number of rotatable bonds is 8. The fourth-order valence-corrected chi connectivity index (χ4v) is 4.21. The average Bonchev–Trinajstić information content (AvgIpc) is 3.15. The van der Waals surface area contributed by atoms with Gasteiger partial charge in [-0.2, -0.15) is 4.31 Å². The first-order valence-corrected chi connectivity index (χ1v) is 8.76. The van der Waals surface area contributed by atoms with E-state index in [1.807, 2.05) is 18.7 Å². The summed E-state index contributed by atoms with van der Waals surface area (Å²) in [5.74, 6) is 0. The van der Waals surface area contributed by atoms with E-state index in [4.69, 9.17) is 0 Å². The van der Waals surface area contributed by atoms with Crippen LogP contribution in [0.3, 0.4) is 0 Å². The fraction of sp³-hybridized carbons (Fsp3) is 0.714. The van der Waals surface area contributed by atoms with Gasteiger partial charge >= 0.3 is 0 Å². The fourth-order valence-electron chi connectivity index (χ4n) is 2.39. The zero-order valence-electron chi connectivity index (χ0n) is 12.6. The van der Waals surface area contributed by atoms with Crippen LogP contribution in [-0.2, 0) is 23.6 Å². The third-order valence-corrected chi connectivity index (χ3v) is 5.65. The molecule has 0 aromatic carbocycles. The third kappa shape index (κ3) is 3.24. The van der Waals surface area contributed by atoms with Crippen molar-refractivity contribution < 1.29 is 8.42 Å². The molecule has 0 amide bonds. The predicted octanol–water partition coefficient (Wildman–Crippen LogP) is 1.70. The van der Waals surface area contributed by atoms with Crippen molar-refractivity contribution in [3.63, 3.8) is 0 Å². The topological polar surface area (TPSA) is 54.3 Å². The van der Waals surface area contributed by atoms with Crippen LogP contribution >= 0.6 is 0 Å². The number of hydrogen-bond donors (Lipinski definition) is 1. The Hall–Kier alpha value is -0.850. The van der Waals surface area contributed by atoms with E-state index in [1.54, 1.807) is 16.6 Å². The molecule has 6 heteroatoms. The number of sulfonamides is 1. The van der Waals surface area contributed by atoms with Crippen LogP contribution in [0.1, 0.15) is 38.3 Å². The van der Waals surface area contributed by atoms with E-state index in [2.05, 4.69) is 12.2 Å². The zero-order chi connectivity index (χ0) is 14.8. The molecule has 1 saturated carbocycles. The summed E-state index contributed by atoms with van der Waals surface area (Å²) in [6.07, 6.45) is 5.66. The summed E-state index contributed by atoms with van der Waals surface area (Å²) in [5.41, 5.74) is 0.984. The molecule has 0 radical (unpaired) electrons. The minimum absolute atomic E-state index is 0.222. The van der Waals surface area contributed by atoms with Crippen molar-refractivity contribution in [1.82, 2.24) is 14.2 Å². The van der Waals surface area contributed by atoms with Crippen LogP contribution in [0.2, 0.25) is 0 Å². The average molecular weight is 299 g/mol. The summed E-state index contributed by atoms with van der Waals surface area (Å²) in [6, 6.07) is 2.01. The van der Waals surface area contributed by atoms with Gasteiger partial charge in [-0.25, -0.2) is 8.42 Å². The Bertz CT molecular complexity index is 547. The highest BCUT2D eigenvalue weighted by atomic mass is 32.2. The summed E-state index contributed by atoms with van der Waals surface area (Å²) in [7, 11) is 0.403. The van der Waals surface area contributed by atoms with E-state index in [1.165, 1.54) is 0 Å². The molecule has 1 heterocycles. The van der Waals surface area contributed by atoms with Crippen molar-refractivity contribution in [2.24, 2.45) is 7.05 Å². The van der Waals surface area contributed by atoms with Crippen molar-refractivity contribution in [1.29, 1.82) is 0 Å². The lowest BCUT2D eigenvalue weighted by molar-refractivity contribution is 0.395. The van der Waals surface area contributed by atoms with Gasteiger partial charge in [-0.1, -0.05) is 13.3 Å². The Balaban J connectivity index is 2.25. The Kier molecular flexibility index (Phi) is 4.88. The Morgan fingerprint density at radius 2 is 2.15 bits per heavy atom. The Labute approximate surface area is 122 Å². The molecule has 0 aliphatic heterocycles. The number of nitrogens with zero attached hydrogens (tertiary/aromatic N) is 2. The van der Waals surface area contributed by atoms with Gasteiger partial charge in [0.1, 0.15) is 4.90 Å². The monoisotopic (exact) mass is 299 g/mol. The third-order valence-electron chi connectivity index (χ3n) is 3.73. The van der Waals surface area contributed by atoms with E-state index in [0.717, 1.165) is 31.4 Å². The van der Waals surface area contributed by atoms with Gasteiger partial charge in [-0.15, -0.1) is 0 Å². The highest BCUT2D eigenvalue weighted by molar-refractivity contribution is 7.89. The van der Waals surface area contributed by atoms with Gasteiger partial charge in [0.25, 0.3) is 0 Å². The molecule has 0 saturated heterocycles. The van der Waals surface area contributed by atoms with Gasteiger partial charge in [0.05, 0.1) is 0 Å². The maximum Gasteiger partial charge on any atom is 0.244 e. The summed E-state index contributed by atoms with van der Waals surface area (Å²) in [5, 5.41) is 3.06. The molecule has 0 atom stereocenters. The van der Waals surface area contributed by atoms with Crippen LogP contribution in [-0.4, -0.2) is 36.9 Å². The van der Waals surface area contributed by atoms with Gasteiger partial charge in [0.2, 0.25) is 10.0 Å². The largest absolute Gasteiger partial charge is 0.352 e. The van der Waals surface area contributed by atoms with Crippen molar-refractivity contribution >= 4 is 10.0 Å². The second-order valence-corrected chi connectivity index (χ2v) is 7.40. The molecular weight excluding hydrogens is 274 g/mol. The lowest BCUT2D eigenvalue weighted by Crippen LogP contribution is -2.33. The molecule has 1 N–H and O–H groups in total. The number of aryl methyl sites for hydroxylation is 1. The number of hydrogen-bond acceptors (Lipinski definition) is 3. The molecule has 1 fully saturated rings. The van der Waals surface area contributed by atoms with Crippen LogP contribution in [0.4, 0.5) is 0 Å². The normalized spacial score (nSPS) is 16.0. The highest BCUT2D eigenvalue weighted by Gasteiger charge is 2.38. The van der Waals surface area contributed by atoms with Crippen molar-refractivity contribution in [2.75, 3.05) is 13.6 Å². The van der Waals surface area contributed by atoms with Gasteiger partial charge in [-0.3, -0.25) is 0 Å². The molecule has 0 bridgehead atoms. The summed E-state index contributed by atoms with van der Waals surface area (Å²) >= 11 is 0. The van der Waals surface area contributed by atoms with Crippen molar-refractivity contribution in [3.05, 3.63) is 18.0 Å². The van der Waals surface area contributed by atoms with E-state index in [-0.39, 0.29) is 6.04 Å². The summed E-state index contributed by atoms with van der Waals surface area (Å²) in [6.45, 7) is 3.40. The van der Waals surface area contributed by atoms with Crippen LogP contribution in [0, 0.1) is 0 Å². The molecular formula is C14H25N3O2S. The number of nitrogens with one attached hydrogen (secondary N) is 1. The van der Waals surface area contributed by atoms with Crippen molar-refractivity contribution in [2.45, 2.75) is 50.1 Å². The SMILES string of the molecule is CCCCN(C1CC1)S(=O)(=O)c1cc(CNC)n(C)c1. The Morgan fingerprint density at radius 1 is 1.45 bits per heavy atom. The van der Waals surface area contributed by atoms with Crippen LogP contribution in [0.25, 0.3) is 0 Å².